The fourth-order valence-electron chi connectivity index (χ4n) is 5.14. The van der Waals surface area contributed by atoms with Crippen LogP contribution in [0.3, 0.4) is 0 Å². The Morgan fingerprint density at radius 2 is 1.66 bits per heavy atom. The molecule has 0 aromatic heterocycles. The van der Waals surface area contributed by atoms with Gasteiger partial charge in [-0.2, -0.15) is 0 Å². The van der Waals surface area contributed by atoms with Crippen LogP contribution in [0.15, 0.2) is 96.6 Å². The molecule has 182 valence electrons. The molecule has 1 aliphatic heterocycles. The van der Waals surface area contributed by atoms with Crippen LogP contribution in [0.4, 0.5) is 11.4 Å². The van der Waals surface area contributed by atoms with Gasteiger partial charge in [0.05, 0.1) is 0 Å². The average Bonchev–Trinajstić information content (AvgIpc) is 2.90. The van der Waals surface area contributed by atoms with Gasteiger partial charge in [-0.05, 0) is 68.1 Å². The van der Waals surface area contributed by atoms with Crippen molar-refractivity contribution in [2.24, 2.45) is 0 Å². The van der Waals surface area contributed by atoms with Gasteiger partial charge in [0, 0.05) is 36.1 Å². The topological polar surface area (TPSA) is 23.6 Å². The first-order chi connectivity index (χ1) is 17.2. The molecule has 3 aromatic rings. The van der Waals surface area contributed by atoms with Crippen LogP contribution in [0, 0.1) is 0 Å². The normalized spacial score (nSPS) is 16.7. The van der Waals surface area contributed by atoms with E-state index in [9.17, 15) is 4.79 Å². The van der Waals surface area contributed by atoms with Gasteiger partial charge < -0.3 is 4.90 Å². The number of anilines is 2. The summed E-state index contributed by atoms with van der Waals surface area (Å²) in [4.78, 5) is 18.1. The number of rotatable bonds is 10. The largest absolute Gasteiger partial charge is 0.337 e. The van der Waals surface area contributed by atoms with E-state index < -0.39 is 0 Å². The van der Waals surface area contributed by atoms with Gasteiger partial charge in [0.1, 0.15) is 0 Å². The molecule has 1 unspecified atom stereocenters. The van der Waals surface area contributed by atoms with E-state index in [1.54, 1.807) is 0 Å². The molecule has 1 heterocycles. The summed E-state index contributed by atoms with van der Waals surface area (Å²) in [7, 11) is 0. The van der Waals surface area contributed by atoms with Crippen molar-refractivity contribution in [3.63, 3.8) is 0 Å². The van der Waals surface area contributed by atoms with Crippen LogP contribution >= 0.6 is 0 Å². The van der Waals surface area contributed by atoms with Crippen molar-refractivity contribution in [3.8, 4) is 0 Å². The molecule has 3 heteroatoms. The number of carbonyl (C=O) groups is 1. The number of likely N-dealkylation sites (tertiary alicyclic amines) is 1. The zero-order chi connectivity index (χ0) is 24.5. The lowest BCUT2D eigenvalue weighted by atomic mass is 9.99. The van der Waals surface area contributed by atoms with Gasteiger partial charge >= 0.3 is 0 Å². The number of carbonyl (C=O) groups excluding carboxylic acids is 1. The fraction of sp³-hybridized carbons (Fsp3) is 0.344. The van der Waals surface area contributed by atoms with Crippen LogP contribution < -0.4 is 4.90 Å². The summed E-state index contributed by atoms with van der Waals surface area (Å²) < 4.78 is 0. The number of allylic oxidation sites excluding steroid dienone is 2. The molecule has 0 bridgehead atoms. The summed E-state index contributed by atoms with van der Waals surface area (Å²) >= 11 is 0. The Labute approximate surface area is 211 Å². The molecule has 0 saturated carbocycles. The third kappa shape index (κ3) is 6.70. The molecule has 1 fully saturated rings. The van der Waals surface area contributed by atoms with Crippen molar-refractivity contribution in [2.45, 2.75) is 58.5 Å². The number of piperidine rings is 1. The van der Waals surface area contributed by atoms with E-state index in [-0.39, 0.29) is 5.78 Å². The van der Waals surface area contributed by atoms with E-state index >= 15 is 0 Å². The summed E-state index contributed by atoms with van der Waals surface area (Å²) in [5.74, 6) is 0.111. The quantitative estimate of drug-likeness (QED) is 0.225. The highest BCUT2D eigenvalue weighted by Crippen LogP contribution is 2.32. The molecule has 1 saturated heterocycles. The number of para-hydroxylation sites is 1. The monoisotopic (exact) mass is 466 g/mol. The first-order valence-corrected chi connectivity index (χ1v) is 13.1. The van der Waals surface area contributed by atoms with Crippen LogP contribution in [0.25, 0.3) is 0 Å². The van der Waals surface area contributed by atoms with Crippen LogP contribution in [0.5, 0.6) is 0 Å². The van der Waals surface area contributed by atoms with E-state index in [1.807, 2.05) is 18.2 Å². The number of benzene rings is 3. The second-order valence-electron chi connectivity index (χ2n) is 9.54. The lowest BCUT2D eigenvalue weighted by Gasteiger charge is -2.41. The molecule has 0 N–H and O–H groups in total. The van der Waals surface area contributed by atoms with E-state index in [4.69, 9.17) is 0 Å². The maximum absolute atomic E-state index is 13.1. The van der Waals surface area contributed by atoms with Crippen molar-refractivity contribution >= 4 is 17.2 Å². The predicted molar refractivity (Wildman–Crippen MR) is 147 cm³/mol. The lowest BCUT2D eigenvalue weighted by Crippen LogP contribution is -2.46. The van der Waals surface area contributed by atoms with Gasteiger partial charge in [0.15, 0.2) is 5.78 Å². The molecule has 3 aromatic carbocycles. The smallest absolute Gasteiger partial charge is 0.185 e. The van der Waals surface area contributed by atoms with E-state index in [2.05, 4.69) is 96.4 Å². The Bertz CT molecular complexity index is 1110. The Balaban J connectivity index is 1.61. The number of hydrogen-bond donors (Lipinski definition) is 0. The van der Waals surface area contributed by atoms with Gasteiger partial charge in [0.25, 0.3) is 0 Å². The van der Waals surface area contributed by atoms with E-state index in [0.717, 1.165) is 56.6 Å². The second kappa shape index (κ2) is 12.5. The summed E-state index contributed by atoms with van der Waals surface area (Å²) in [6.45, 7) is 7.39. The SMILES string of the molecule is CCC/C(=C/C(=O)c1cccc(N(c2ccccc2)C2CCCN(Cc3ccccc3)C2)c1)CC. The van der Waals surface area contributed by atoms with Crippen LogP contribution in [0.1, 0.15) is 61.9 Å². The van der Waals surface area contributed by atoms with Crippen LogP contribution in [0.2, 0.25) is 0 Å². The maximum atomic E-state index is 13.1. The molecule has 3 nitrogen and oxygen atoms in total. The molecular weight excluding hydrogens is 428 g/mol. The molecule has 4 rings (SSSR count). The Kier molecular flexibility index (Phi) is 8.91. The third-order valence-corrected chi connectivity index (χ3v) is 6.90. The minimum atomic E-state index is 0.111. The van der Waals surface area contributed by atoms with Crippen LogP contribution in [-0.4, -0.2) is 29.8 Å². The first-order valence-electron chi connectivity index (χ1n) is 13.1. The number of ketones is 1. The zero-order valence-corrected chi connectivity index (χ0v) is 21.2. The summed E-state index contributed by atoms with van der Waals surface area (Å²) in [5, 5.41) is 0. The van der Waals surface area contributed by atoms with E-state index in [1.165, 1.54) is 23.2 Å². The molecule has 0 spiro atoms. The van der Waals surface area contributed by atoms with Crippen molar-refractivity contribution < 1.29 is 4.79 Å². The second-order valence-corrected chi connectivity index (χ2v) is 9.54. The minimum absolute atomic E-state index is 0.111. The highest BCUT2D eigenvalue weighted by molar-refractivity contribution is 6.05. The Morgan fingerprint density at radius 1 is 0.943 bits per heavy atom. The summed E-state index contributed by atoms with van der Waals surface area (Å²) in [6.07, 6.45) is 7.13. The zero-order valence-electron chi connectivity index (χ0n) is 21.2. The van der Waals surface area contributed by atoms with Gasteiger partial charge in [-0.15, -0.1) is 0 Å². The van der Waals surface area contributed by atoms with E-state index in [0.29, 0.717) is 6.04 Å². The molecular formula is C32H38N2O. The van der Waals surface area contributed by atoms with Crippen LogP contribution in [-0.2, 0) is 6.54 Å². The van der Waals surface area contributed by atoms with Gasteiger partial charge in [-0.1, -0.05) is 86.5 Å². The Morgan fingerprint density at radius 3 is 2.37 bits per heavy atom. The average molecular weight is 467 g/mol. The van der Waals surface area contributed by atoms with Crippen molar-refractivity contribution in [1.82, 2.24) is 4.90 Å². The van der Waals surface area contributed by atoms with Gasteiger partial charge in [-0.25, -0.2) is 0 Å². The molecule has 35 heavy (non-hydrogen) atoms. The molecule has 0 radical (unpaired) electrons. The summed E-state index contributed by atoms with van der Waals surface area (Å²) in [6, 6.07) is 29.9. The minimum Gasteiger partial charge on any atom is -0.337 e. The fourth-order valence-corrected chi connectivity index (χ4v) is 5.14. The van der Waals surface area contributed by atoms with Gasteiger partial charge in [-0.3, -0.25) is 9.69 Å². The lowest BCUT2D eigenvalue weighted by molar-refractivity contribution is 0.104. The maximum Gasteiger partial charge on any atom is 0.185 e. The third-order valence-electron chi connectivity index (χ3n) is 6.90. The highest BCUT2D eigenvalue weighted by atomic mass is 16.1. The molecule has 0 amide bonds. The van der Waals surface area contributed by atoms with Crippen molar-refractivity contribution in [1.29, 1.82) is 0 Å². The Hall–Kier alpha value is -3.17. The first kappa shape index (κ1) is 24.9. The van der Waals surface area contributed by atoms with Gasteiger partial charge in [0.2, 0.25) is 0 Å². The van der Waals surface area contributed by atoms with Crippen molar-refractivity contribution in [3.05, 3.63) is 108 Å². The molecule has 1 atom stereocenters. The molecule has 0 aliphatic carbocycles. The number of nitrogens with zero attached hydrogens (tertiary/aromatic N) is 2. The number of hydrogen-bond acceptors (Lipinski definition) is 3. The summed E-state index contributed by atoms with van der Waals surface area (Å²) in [5.41, 5.74) is 5.63. The predicted octanol–water partition coefficient (Wildman–Crippen LogP) is 7.81. The molecule has 1 aliphatic rings. The standard InChI is InChI=1S/C32H38N2O/c1-3-13-26(4-2)22-32(35)28-16-11-19-30(23-28)34(29-17-9-6-10-18-29)31-20-12-21-33(25-31)24-27-14-7-5-8-15-27/h5-11,14-19,22-23,31H,3-4,12-13,20-21,24-25H2,1-2H3/b26-22+. The highest BCUT2D eigenvalue weighted by Gasteiger charge is 2.27. The van der Waals surface area contributed by atoms with Crippen molar-refractivity contribution in [2.75, 3.05) is 18.0 Å².